The van der Waals surface area contributed by atoms with Gasteiger partial charge in [-0.25, -0.2) is 0 Å². The lowest BCUT2D eigenvalue weighted by atomic mass is 9.89. The van der Waals surface area contributed by atoms with E-state index in [1.165, 1.54) is 55.1 Å². The average Bonchev–Trinajstić information content (AvgIpc) is 3.54. The van der Waals surface area contributed by atoms with Gasteiger partial charge in [0.15, 0.2) is 5.84 Å². The minimum Gasteiger partial charge on any atom is -0.310 e. The minimum absolute atomic E-state index is 0.0888. The van der Waals surface area contributed by atoms with Gasteiger partial charge in [0.2, 0.25) is 0 Å². The van der Waals surface area contributed by atoms with E-state index < -0.39 is 0 Å². The molecule has 0 saturated heterocycles. The van der Waals surface area contributed by atoms with E-state index in [0.29, 0.717) is 0 Å². The lowest BCUT2D eigenvalue weighted by Gasteiger charge is -2.42. The van der Waals surface area contributed by atoms with Crippen molar-refractivity contribution in [3.05, 3.63) is 127 Å². The summed E-state index contributed by atoms with van der Waals surface area (Å²) < 4.78 is 2.46. The summed E-state index contributed by atoms with van der Waals surface area (Å²) in [6.07, 6.45) is 31.6. The van der Waals surface area contributed by atoms with Gasteiger partial charge in [0, 0.05) is 33.6 Å². The first-order valence-corrected chi connectivity index (χ1v) is 15.2. The smallest absolute Gasteiger partial charge is 0.151 e. The van der Waals surface area contributed by atoms with Crippen molar-refractivity contribution >= 4 is 55.9 Å². The second-order valence-corrected chi connectivity index (χ2v) is 12.0. The van der Waals surface area contributed by atoms with Crippen LogP contribution in [0.15, 0.2) is 126 Å². The van der Waals surface area contributed by atoms with Crippen molar-refractivity contribution < 1.29 is 0 Å². The topological polar surface area (TPSA) is 23.8 Å². The van der Waals surface area contributed by atoms with Crippen LogP contribution in [0.4, 0.5) is 5.69 Å². The largest absolute Gasteiger partial charge is 0.310 e. The number of benzene rings is 3. The van der Waals surface area contributed by atoms with Crippen LogP contribution in [-0.2, 0) is 0 Å². The van der Waals surface area contributed by atoms with Gasteiger partial charge in [-0.1, -0.05) is 85.0 Å². The summed E-state index contributed by atoms with van der Waals surface area (Å²) in [6, 6.07) is 18.1. The van der Waals surface area contributed by atoms with Gasteiger partial charge in [-0.15, -0.1) is 0 Å². The quantitative estimate of drug-likeness (QED) is 0.257. The van der Waals surface area contributed by atoms with Crippen LogP contribution in [-0.4, -0.2) is 27.0 Å². The van der Waals surface area contributed by atoms with Crippen LogP contribution in [0.25, 0.3) is 44.4 Å². The Kier molecular flexibility index (Phi) is 5.01. The number of hydrazine groups is 1. The Morgan fingerprint density at radius 1 is 0.833 bits per heavy atom. The molecule has 0 bridgehead atoms. The molecule has 3 heterocycles. The van der Waals surface area contributed by atoms with Crippen LogP contribution in [0.5, 0.6) is 0 Å². The molecular formula is C38H32N4. The number of nitrogens with zero attached hydrogens (tertiary/aromatic N) is 4. The Hall–Kier alpha value is -4.83. The van der Waals surface area contributed by atoms with Crippen LogP contribution >= 0.6 is 0 Å². The van der Waals surface area contributed by atoms with Crippen LogP contribution < -0.4 is 5.01 Å². The molecule has 9 rings (SSSR count). The second kappa shape index (κ2) is 8.83. The van der Waals surface area contributed by atoms with Crippen molar-refractivity contribution in [1.29, 1.82) is 0 Å². The first-order chi connectivity index (χ1) is 20.7. The van der Waals surface area contributed by atoms with Crippen molar-refractivity contribution in [2.24, 2.45) is 4.99 Å². The summed E-state index contributed by atoms with van der Waals surface area (Å²) in [4.78, 5) is 5.38. The molecule has 2 aliphatic heterocycles. The van der Waals surface area contributed by atoms with Gasteiger partial charge >= 0.3 is 0 Å². The van der Waals surface area contributed by atoms with Gasteiger partial charge in [0.25, 0.3) is 0 Å². The Balaban J connectivity index is 1.29. The molecular weight excluding hydrogens is 512 g/mol. The fourth-order valence-corrected chi connectivity index (χ4v) is 7.51. The van der Waals surface area contributed by atoms with Gasteiger partial charge in [0.05, 0.1) is 22.8 Å². The van der Waals surface area contributed by atoms with Crippen LogP contribution in [0, 0.1) is 0 Å². The molecule has 1 aromatic heterocycles. The molecule has 0 radical (unpaired) electrons. The first-order valence-electron chi connectivity index (χ1n) is 15.2. The molecule has 4 aromatic rings. The minimum atomic E-state index is -0.323. The molecule has 0 N–H and O–H groups in total. The van der Waals surface area contributed by atoms with Crippen LogP contribution in [0.1, 0.15) is 38.2 Å². The lowest BCUT2D eigenvalue weighted by molar-refractivity contribution is 0.322. The Bertz CT molecular complexity index is 2070. The molecule has 0 fully saturated rings. The number of aromatic nitrogens is 1. The summed E-state index contributed by atoms with van der Waals surface area (Å²) in [5.41, 5.74) is 7.16. The van der Waals surface area contributed by atoms with Gasteiger partial charge in [-0.3, -0.25) is 15.0 Å². The number of hydrogen-bond acceptors (Lipinski definition) is 3. The highest BCUT2D eigenvalue weighted by Gasteiger charge is 2.47. The monoisotopic (exact) mass is 544 g/mol. The second-order valence-electron chi connectivity index (χ2n) is 12.0. The number of hydrogen-bond donors (Lipinski definition) is 0. The predicted octanol–water partition coefficient (Wildman–Crippen LogP) is 9.09. The Morgan fingerprint density at radius 2 is 1.71 bits per heavy atom. The first kappa shape index (κ1) is 23.8. The maximum absolute atomic E-state index is 5.38. The van der Waals surface area contributed by atoms with E-state index in [4.69, 9.17) is 4.99 Å². The SMILES string of the molecule is CC12C=CC=CC1N(N1C=Cc3c4c1cccc4cc1c3c3ccccc3n1C1=CCCC=C1)C(C1=CCCC=C1)=N2. The molecule has 0 amide bonds. The standard InChI is InChI=1S/C38H32N4/c1-38-23-11-10-21-34(38)42(37(39-38)26-13-4-2-5-14-26)40-24-22-30-35-27(15-12-20-32(35)40)25-33-36(30)29-18-8-9-19-31(29)41(33)28-16-6-3-7-17-28/h4,6,8-25,34H,2-3,5,7H2,1H3. The van der Waals surface area contributed by atoms with E-state index in [2.05, 4.69) is 143 Å². The van der Waals surface area contributed by atoms with E-state index in [0.717, 1.165) is 31.5 Å². The molecule has 42 heavy (non-hydrogen) atoms. The Labute approximate surface area is 245 Å². The van der Waals surface area contributed by atoms with E-state index in [-0.39, 0.29) is 11.6 Å². The molecule has 0 spiro atoms. The van der Waals surface area contributed by atoms with E-state index in [1.807, 2.05) is 0 Å². The fraction of sp³-hybridized carbons (Fsp3) is 0.184. The van der Waals surface area contributed by atoms with E-state index >= 15 is 0 Å². The van der Waals surface area contributed by atoms with Crippen molar-refractivity contribution in [1.82, 2.24) is 9.58 Å². The highest BCUT2D eigenvalue weighted by molar-refractivity contribution is 6.22. The zero-order valence-corrected chi connectivity index (χ0v) is 23.7. The summed E-state index contributed by atoms with van der Waals surface area (Å²) in [7, 11) is 0. The van der Waals surface area contributed by atoms with Crippen molar-refractivity contribution in [2.45, 2.75) is 44.2 Å². The highest BCUT2D eigenvalue weighted by atomic mass is 15.7. The fourth-order valence-electron chi connectivity index (χ4n) is 7.51. The van der Waals surface area contributed by atoms with Gasteiger partial charge in [-0.2, -0.15) is 0 Å². The molecule has 3 aliphatic carbocycles. The molecule has 0 saturated carbocycles. The molecule has 204 valence electrons. The number of allylic oxidation sites excluding steroid dienone is 8. The molecule has 2 atom stereocenters. The maximum Gasteiger partial charge on any atom is 0.151 e. The third kappa shape index (κ3) is 3.26. The number of rotatable bonds is 3. The Morgan fingerprint density at radius 3 is 2.57 bits per heavy atom. The third-order valence-corrected chi connectivity index (χ3v) is 9.43. The highest BCUT2D eigenvalue weighted by Crippen LogP contribution is 2.46. The van der Waals surface area contributed by atoms with Gasteiger partial charge in [0.1, 0.15) is 5.54 Å². The predicted molar refractivity (Wildman–Crippen MR) is 177 cm³/mol. The van der Waals surface area contributed by atoms with Crippen molar-refractivity contribution in [2.75, 3.05) is 5.01 Å². The zero-order chi connectivity index (χ0) is 27.8. The third-order valence-electron chi connectivity index (χ3n) is 9.43. The number of aliphatic imine (C=N–C) groups is 1. The summed E-state index contributed by atoms with van der Waals surface area (Å²) in [6.45, 7) is 2.25. The van der Waals surface area contributed by atoms with Crippen LogP contribution in [0.3, 0.4) is 0 Å². The van der Waals surface area contributed by atoms with Gasteiger partial charge in [-0.05, 0) is 73.9 Å². The molecule has 4 heteroatoms. The van der Waals surface area contributed by atoms with E-state index in [1.54, 1.807) is 0 Å². The average molecular weight is 545 g/mol. The molecule has 2 unspecified atom stereocenters. The van der Waals surface area contributed by atoms with Crippen LogP contribution in [0.2, 0.25) is 0 Å². The zero-order valence-electron chi connectivity index (χ0n) is 23.7. The molecule has 3 aromatic carbocycles. The lowest BCUT2D eigenvalue weighted by Crippen LogP contribution is -2.52. The normalized spacial score (nSPS) is 24.1. The van der Waals surface area contributed by atoms with E-state index in [9.17, 15) is 0 Å². The summed E-state index contributed by atoms with van der Waals surface area (Å²) in [5, 5.41) is 9.94. The number of amidine groups is 1. The van der Waals surface area contributed by atoms with Gasteiger partial charge < -0.3 is 4.57 Å². The molecule has 5 aliphatic rings. The van der Waals surface area contributed by atoms with Crippen molar-refractivity contribution in [3.63, 3.8) is 0 Å². The number of anilines is 1. The maximum atomic E-state index is 5.38. The van der Waals surface area contributed by atoms with Crippen molar-refractivity contribution in [3.8, 4) is 0 Å². The summed E-state index contributed by atoms with van der Waals surface area (Å²) >= 11 is 0. The molecule has 4 nitrogen and oxygen atoms in total. The number of para-hydroxylation sites is 1. The number of fused-ring (bicyclic) bond motifs is 5. The summed E-state index contributed by atoms with van der Waals surface area (Å²) in [5.74, 6) is 1.04.